The van der Waals surface area contributed by atoms with Crippen molar-refractivity contribution in [1.82, 2.24) is 5.32 Å². The predicted octanol–water partition coefficient (Wildman–Crippen LogP) is 2.04. The van der Waals surface area contributed by atoms with Crippen molar-refractivity contribution < 1.29 is 14.3 Å². The van der Waals surface area contributed by atoms with Crippen molar-refractivity contribution in [2.24, 2.45) is 5.92 Å². The van der Waals surface area contributed by atoms with Gasteiger partial charge in [0.25, 0.3) is 0 Å². The first-order chi connectivity index (χ1) is 9.15. The topological polar surface area (TPSA) is 49.3 Å². The molecule has 1 aliphatic carbocycles. The number of carbonyl (C=O) groups excluding carboxylic acids is 1. The van der Waals surface area contributed by atoms with Gasteiger partial charge in [0.05, 0.1) is 12.5 Å². The SMILES string of the molecule is O=C(Cc1cccc(F)c1)NCC(O)C1CCCC1. The van der Waals surface area contributed by atoms with E-state index in [1.807, 2.05) is 0 Å². The van der Waals surface area contributed by atoms with Crippen LogP contribution in [-0.4, -0.2) is 23.7 Å². The van der Waals surface area contributed by atoms with Crippen molar-refractivity contribution in [1.29, 1.82) is 0 Å². The van der Waals surface area contributed by atoms with Gasteiger partial charge < -0.3 is 10.4 Å². The van der Waals surface area contributed by atoms with Crippen LogP contribution in [0, 0.1) is 11.7 Å². The van der Waals surface area contributed by atoms with Gasteiger partial charge in [0, 0.05) is 6.54 Å². The molecule has 1 fully saturated rings. The molecule has 1 aromatic rings. The molecule has 2 rings (SSSR count). The van der Waals surface area contributed by atoms with Crippen molar-refractivity contribution in [2.45, 2.75) is 38.2 Å². The first kappa shape index (κ1) is 14.0. The summed E-state index contributed by atoms with van der Waals surface area (Å²) in [6.07, 6.45) is 4.11. The maximum Gasteiger partial charge on any atom is 0.224 e. The minimum Gasteiger partial charge on any atom is -0.391 e. The van der Waals surface area contributed by atoms with Crippen molar-refractivity contribution in [2.75, 3.05) is 6.54 Å². The third-order valence-corrected chi connectivity index (χ3v) is 3.71. The minimum absolute atomic E-state index is 0.148. The molecule has 0 radical (unpaired) electrons. The van der Waals surface area contributed by atoms with Crippen molar-refractivity contribution in [3.8, 4) is 0 Å². The number of carbonyl (C=O) groups is 1. The summed E-state index contributed by atoms with van der Waals surface area (Å²) in [6, 6.07) is 6.01. The third-order valence-electron chi connectivity index (χ3n) is 3.71. The summed E-state index contributed by atoms with van der Waals surface area (Å²) in [6.45, 7) is 0.290. The minimum atomic E-state index is -0.459. The number of benzene rings is 1. The summed E-state index contributed by atoms with van der Waals surface area (Å²) >= 11 is 0. The van der Waals surface area contributed by atoms with Crippen LogP contribution in [0.4, 0.5) is 4.39 Å². The Balaban J connectivity index is 1.75. The highest BCUT2D eigenvalue weighted by Crippen LogP contribution is 2.27. The lowest BCUT2D eigenvalue weighted by Gasteiger charge is -2.18. The molecular formula is C15H20FNO2. The Morgan fingerprint density at radius 2 is 2.16 bits per heavy atom. The van der Waals surface area contributed by atoms with Crippen LogP contribution in [0.25, 0.3) is 0 Å². The smallest absolute Gasteiger partial charge is 0.224 e. The number of halogens is 1. The summed E-state index contributed by atoms with van der Waals surface area (Å²) in [7, 11) is 0. The zero-order valence-corrected chi connectivity index (χ0v) is 10.9. The predicted molar refractivity (Wildman–Crippen MR) is 71.1 cm³/mol. The van der Waals surface area contributed by atoms with E-state index in [1.54, 1.807) is 12.1 Å². The molecule has 1 atom stereocenters. The zero-order valence-electron chi connectivity index (χ0n) is 10.9. The maximum atomic E-state index is 13.0. The normalized spacial score (nSPS) is 17.4. The highest BCUT2D eigenvalue weighted by atomic mass is 19.1. The second kappa shape index (κ2) is 6.66. The monoisotopic (exact) mass is 265 g/mol. The van der Waals surface area contributed by atoms with Crippen LogP contribution in [0.15, 0.2) is 24.3 Å². The highest BCUT2D eigenvalue weighted by molar-refractivity contribution is 5.78. The molecule has 1 aliphatic rings. The average Bonchev–Trinajstić information content (AvgIpc) is 2.90. The van der Waals surface area contributed by atoms with Gasteiger partial charge in [-0.05, 0) is 36.5 Å². The van der Waals surface area contributed by atoms with Gasteiger partial charge in [0.2, 0.25) is 5.91 Å². The van der Waals surface area contributed by atoms with E-state index in [2.05, 4.69) is 5.32 Å². The van der Waals surface area contributed by atoms with Gasteiger partial charge >= 0.3 is 0 Å². The molecule has 3 nitrogen and oxygen atoms in total. The number of aliphatic hydroxyl groups excluding tert-OH is 1. The van der Waals surface area contributed by atoms with Crippen LogP contribution in [0.3, 0.4) is 0 Å². The van der Waals surface area contributed by atoms with E-state index in [0.717, 1.165) is 12.8 Å². The van der Waals surface area contributed by atoms with Gasteiger partial charge in [-0.25, -0.2) is 4.39 Å². The second-order valence-electron chi connectivity index (χ2n) is 5.22. The Hall–Kier alpha value is -1.42. The lowest BCUT2D eigenvalue weighted by atomic mass is 10.0. The fourth-order valence-corrected chi connectivity index (χ4v) is 2.62. The molecule has 0 bridgehead atoms. The molecule has 0 spiro atoms. The summed E-state index contributed by atoms with van der Waals surface area (Å²) < 4.78 is 13.0. The Morgan fingerprint density at radius 3 is 2.84 bits per heavy atom. The summed E-state index contributed by atoms with van der Waals surface area (Å²) in [5.41, 5.74) is 0.646. The van der Waals surface area contributed by atoms with Crippen molar-refractivity contribution in [3.05, 3.63) is 35.6 Å². The Bertz CT molecular complexity index is 430. The first-order valence-corrected chi connectivity index (χ1v) is 6.84. The second-order valence-corrected chi connectivity index (χ2v) is 5.22. The Kier molecular flexibility index (Phi) is 4.91. The molecule has 1 aromatic carbocycles. The number of nitrogens with one attached hydrogen (secondary N) is 1. The van der Waals surface area contributed by atoms with Crippen LogP contribution in [0.5, 0.6) is 0 Å². The number of rotatable bonds is 5. The van der Waals surface area contributed by atoms with Crippen molar-refractivity contribution in [3.63, 3.8) is 0 Å². The molecule has 4 heteroatoms. The standard InChI is InChI=1S/C15H20FNO2/c16-13-7-3-4-11(8-13)9-15(19)17-10-14(18)12-5-1-2-6-12/h3-4,7-8,12,14,18H,1-2,5-6,9-10H2,(H,17,19). The maximum absolute atomic E-state index is 13.0. The van der Waals surface area contributed by atoms with Crippen LogP contribution >= 0.6 is 0 Å². The molecule has 2 N–H and O–H groups in total. The van der Waals surface area contributed by atoms with Crippen LogP contribution in [0.1, 0.15) is 31.2 Å². The lowest BCUT2D eigenvalue weighted by molar-refractivity contribution is -0.121. The molecule has 1 amide bonds. The summed E-state index contributed by atoms with van der Waals surface area (Å²) in [4.78, 5) is 11.7. The third kappa shape index (κ3) is 4.31. The fraction of sp³-hybridized carbons (Fsp3) is 0.533. The van der Waals surface area contributed by atoms with Gasteiger partial charge in [0.15, 0.2) is 0 Å². The quantitative estimate of drug-likeness (QED) is 0.856. The molecule has 0 saturated heterocycles. The zero-order chi connectivity index (χ0) is 13.7. The van der Waals surface area contributed by atoms with Gasteiger partial charge in [-0.3, -0.25) is 4.79 Å². The molecule has 19 heavy (non-hydrogen) atoms. The van der Waals surface area contributed by atoms with E-state index in [4.69, 9.17) is 0 Å². The van der Waals surface area contributed by atoms with Gasteiger partial charge in [0.1, 0.15) is 5.82 Å². The Labute approximate surface area is 112 Å². The first-order valence-electron chi connectivity index (χ1n) is 6.84. The lowest BCUT2D eigenvalue weighted by Crippen LogP contribution is -2.36. The molecule has 0 aliphatic heterocycles. The van der Waals surface area contributed by atoms with E-state index < -0.39 is 6.10 Å². The fourth-order valence-electron chi connectivity index (χ4n) is 2.62. The van der Waals surface area contributed by atoms with E-state index in [-0.39, 0.29) is 18.1 Å². The molecule has 104 valence electrons. The van der Waals surface area contributed by atoms with Gasteiger partial charge in [-0.15, -0.1) is 0 Å². The largest absolute Gasteiger partial charge is 0.391 e. The van der Waals surface area contributed by atoms with Crippen LogP contribution in [-0.2, 0) is 11.2 Å². The molecule has 0 heterocycles. The number of aliphatic hydroxyl groups is 1. The Morgan fingerprint density at radius 1 is 1.42 bits per heavy atom. The molecule has 1 saturated carbocycles. The van der Waals surface area contributed by atoms with Crippen LogP contribution < -0.4 is 5.32 Å². The van der Waals surface area contributed by atoms with Crippen molar-refractivity contribution >= 4 is 5.91 Å². The summed E-state index contributed by atoms with van der Waals surface area (Å²) in [5, 5.41) is 12.6. The van der Waals surface area contributed by atoms with Crippen LogP contribution in [0.2, 0.25) is 0 Å². The number of hydrogen-bond acceptors (Lipinski definition) is 2. The van der Waals surface area contributed by atoms with E-state index in [0.29, 0.717) is 18.0 Å². The van der Waals surface area contributed by atoms with Gasteiger partial charge in [-0.1, -0.05) is 25.0 Å². The molecule has 0 aromatic heterocycles. The summed E-state index contributed by atoms with van der Waals surface area (Å²) in [5.74, 6) is -0.201. The van der Waals surface area contributed by atoms with E-state index >= 15 is 0 Å². The molecule has 1 unspecified atom stereocenters. The average molecular weight is 265 g/mol. The van der Waals surface area contributed by atoms with Gasteiger partial charge in [-0.2, -0.15) is 0 Å². The highest BCUT2D eigenvalue weighted by Gasteiger charge is 2.23. The number of hydrogen-bond donors (Lipinski definition) is 2. The number of amides is 1. The molecular weight excluding hydrogens is 245 g/mol. The van der Waals surface area contributed by atoms with E-state index in [9.17, 15) is 14.3 Å². The van der Waals surface area contributed by atoms with E-state index in [1.165, 1.54) is 25.0 Å².